The van der Waals surface area contributed by atoms with Gasteiger partial charge in [-0.25, -0.2) is 0 Å². The minimum Gasteiger partial charge on any atom is -0.423 e. The molecular formula is C16H14BrN3O. The third-order valence-corrected chi connectivity index (χ3v) is 3.69. The lowest BCUT2D eigenvalue weighted by Crippen LogP contribution is -2.06. The van der Waals surface area contributed by atoms with Crippen LogP contribution in [0.15, 0.2) is 63.8 Å². The number of nitrogens with one attached hydrogen (secondary N) is 1. The number of rotatable bonds is 4. The molecule has 0 radical (unpaired) electrons. The first kappa shape index (κ1) is 13.8. The molecule has 0 amide bonds. The Kier molecular flexibility index (Phi) is 4.01. The second kappa shape index (κ2) is 6.10. The van der Waals surface area contributed by atoms with E-state index in [0.717, 1.165) is 15.7 Å². The van der Waals surface area contributed by atoms with Crippen molar-refractivity contribution in [3.8, 4) is 11.5 Å². The Labute approximate surface area is 131 Å². The highest BCUT2D eigenvalue weighted by Gasteiger charge is 2.08. The van der Waals surface area contributed by atoms with Crippen LogP contribution in [0.5, 0.6) is 0 Å². The van der Waals surface area contributed by atoms with Gasteiger partial charge in [0.2, 0.25) is 12.3 Å². The Bertz CT molecular complexity index is 728. The third kappa shape index (κ3) is 3.31. The molecule has 3 rings (SSSR count). The summed E-state index contributed by atoms with van der Waals surface area (Å²) in [4.78, 5) is 0. The van der Waals surface area contributed by atoms with Gasteiger partial charge in [-0.3, -0.25) is 0 Å². The van der Waals surface area contributed by atoms with Crippen molar-refractivity contribution in [1.29, 1.82) is 0 Å². The molecule has 1 unspecified atom stereocenters. The lowest BCUT2D eigenvalue weighted by atomic mass is 10.1. The summed E-state index contributed by atoms with van der Waals surface area (Å²) in [5, 5.41) is 11.1. The summed E-state index contributed by atoms with van der Waals surface area (Å²) in [6.45, 7) is 2.13. The summed E-state index contributed by atoms with van der Waals surface area (Å²) < 4.78 is 6.30. The molecule has 4 nitrogen and oxygen atoms in total. The fourth-order valence-electron chi connectivity index (χ4n) is 2.15. The van der Waals surface area contributed by atoms with Gasteiger partial charge in [-0.2, -0.15) is 0 Å². The van der Waals surface area contributed by atoms with Gasteiger partial charge in [0.15, 0.2) is 0 Å². The molecule has 0 bridgehead atoms. The average molecular weight is 344 g/mol. The van der Waals surface area contributed by atoms with E-state index in [0.29, 0.717) is 5.89 Å². The highest BCUT2D eigenvalue weighted by Crippen LogP contribution is 2.25. The van der Waals surface area contributed by atoms with Gasteiger partial charge in [-0.05, 0) is 42.8 Å². The van der Waals surface area contributed by atoms with Crippen molar-refractivity contribution in [2.75, 3.05) is 5.32 Å². The summed E-state index contributed by atoms with van der Waals surface area (Å²) >= 11 is 3.50. The van der Waals surface area contributed by atoms with E-state index in [9.17, 15) is 0 Å². The van der Waals surface area contributed by atoms with Crippen molar-refractivity contribution in [3.63, 3.8) is 0 Å². The molecule has 0 aliphatic heterocycles. The van der Waals surface area contributed by atoms with Gasteiger partial charge in [0.05, 0.1) is 0 Å². The Balaban J connectivity index is 1.80. The second-order valence-electron chi connectivity index (χ2n) is 4.75. The van der Waals surface area contributed by atoms with Gasteiger partial charge < -0.3 is 9.73 Å². The molecule has 1 atom stereocenters. The maximum Gasteiger partial charge on any atom is 0.247 e. The molecular weight excluding hydrogens is 330 g/mol. The minimum atomic E-state index is 0.195. The van der Waals surface area contributed by atoms with E-state index in [1.165, 1.54) is 12.0 Å². The second-order valence-corrected chi connectivity index (χ2v) is 5.66. The standard InChI is InChI=1S/C16H14BrN3O/c1-11(12-4-2-6-14(17)8-12)19-15-7-3-5-13(9-15)16-20-18-10-21-16/h2-11,19H,1H3. The van der Waals surface area contributed by atoms with Crippen LogP contribution >= 0.6 is 15.9 Å². The maximum absolute atomic E-state index is 5.22. The fourth-order valence-corrected chi connectivity index (χ4v) is 2.57. The van der Waals surface area contributed by atoms with Crippen molar-refractivity contribution in [3.05, 3.63) is 65.0 Å². The zero-order valence-corrected chi connectivity index (χ0v) is 13.0. The molecule has 0 saturated heterocycles. The van der Waals surface area contributed by atoms with Crippen molar-refractivity contribution >= 4 is 21.6 Å². The number of anilines is 1. The van der Waals surface area contributed by atoms with Gasteiger partial charge in [0.25, 0.3) is 0 Å². The summed E-state index contributed by atoms with van der Waals surface area (Å²) in [5.41, 5.74) is 3.13. The van der Waals surface area contributed by atoms with Crippen LogP contribution in [0.2, 0.25) is 0 Å². The summed E-state index contributed by atoms with van der Waals surface area (Å²) in [7, 11) is 0. The van der Waals surface area contributed by atoms with Crippen molar-refractivity contribution in [2.45, 2.75) is 13.0 Å². The topological polar surface area (TPSA) is 51.0 Å². The Morgan fingerprint density at radius 3 is 2.76 bits per heavy atom. The zero-order chi connectivity index (χ0) is 14.7. The molecule has 0 saturated carbocycles. The molecule has 0 aliphatic rings. The number of hydrogen-bond donors (Lipinski definition) is 1. The largest absolute Gasteiger partial charge is 0.423 e. The van der Waals surface area contributed by atoms with E-state index in [1.807, 2.05) is 36.4 Å². The normalized spacial score (nSPS) is 12.1. The van der Waals surface area contributed by atoms with E-state index in [-0.39, 0.29) is 6.04 Å². The predicted octanol–water partition coefficient (Wildman–Crippen LogP) is 4.67. The summed E-state index contributed by atoms with van der Waals surface area (Å²) in [5.74, 6) is 0.522. The van der Waals surface area contributed by atoms with Gasteiger partial charge >= 0.3 is 0 Å². The van der Waals surface area contributed by atoms with Gasteiger partial charge in [0.1, 0.15) is 0 Å². The van der Waals surface area contributed by atoms with Gasteiger partial charge in [-0.15, -0.1) is 10.2 Å². The number of nitrogens with zero attached hydrogens (tertiary/aromatic N) is 2. The molecule has 0 aliphatic carbocycles. The Hall–Kier alpha value is -2.14. The molecule has 0 spiro atoms. The molecule has 21 heavy (non-hydrogen) atoms. The SMILES string of the molecule is CC(Nc1cccc(-c2nnco2)c1)c1cccc(Br)c1. The highest BCUT2D eigenvalue weighted by atomic mass is 79.9. The van der Waals surface area contributed by atoms with Gasteiger partial charge in [-0.1, -0.05) is 34.1 Å². The maximum atomic E-state index is 5.22. The average Bonchev–Trinajstić information content (AvgIpc) is 3.02. The zero-order valence-electron chi connectivity index (χ0n) is 11.5. The number of benzene rings is 2. The van der Waals surface area contributed by atoms with Crippen LogP contribution in [0.1, 0.15) is 18.5 Å². The van der Waals surface area contributed by atoms with Crippen LogP contribution in [0.25, 0.3) is 11.5 Å². The van der Waals surface area contributed by atoms with Crippen LogP contribution in [0.4, 0.5) is 5.69 Å². The van der Waals surface area contributed by atoms with Crippen LogP contribution in [-0.2, 0) is 0 Å². The van der Waals surface area contributed by atoms with Crippen LogP contribution in [0.3, 0.4) is 0 Å². The highest BCUT2D eigenvalue weighted by molar-refractivity contribution is 9.10. The first-order valence-corrected chi connectivity index (χ1v) is 7.40. The van der Waals surface area contributed by atoms with Crippen LogP contribution in [0, 0.1) is 0 Å². The van der Waals surface area contributed by atoms with E-state index >= 15 is 0 Å². The fraction of sp³-hybridized carbons (Fsp3) is 0.125. The van der Waals surface area contributed by atoms with Crippen LogP contribution < -0.4 is 5.32 Å². The third-order valence-electron chi connectivity index (χ3n) is 3.20. The molecule has 3 aromatic rings. The molecule has 1 aromatic heterocycles. The predicted molar refractivity (Wildman–Crippen MR) is 85.9 cm³/mol. The monoisotopic (exact) mass is 343 g/mol. The lowest BCUT2D eigenvalue weighted by molar-refractivity contribution is 0.568. The smallest absolute Gasteiger partial charge is 0.247 e. The van der Waals surface area contributed by atoms with E-state index in [4.69, 9.17) is 4.42 Å². The molecule has 0 fully saturated rings. The minimum absolute atomic E-state index is 0.195. The quantitative estimate of drug-likeness (QED) is 0.747. The first-order valence-electron chi connectivity index (χ1n) is 6.61. The van der Waals surface area contributed by atoms with Gasteiger partial charge in [0, 0.05) is 21.8 Å². The van der Waals surface area contributed by atoms with Crippen LogP contribution in [-0.4, -0.2) is 10.2 Å². The van der Waals surface area contributed by atoms with E-state index < -0.39 is 0 Å². The molecule has 1 heterocycles. The summed E-state index contributed by atoms with van der Waals surface area (Å²) in [6.07, 6.45) is 1.33. The number of aromatic nitrogens is 2. The summed E-state index contributed by atoms with van der Waals surface area (Å²) in [6, 6.07) is 16.4. The Morgan fingerprint density at radius 2 is 2.00 bits per heavy atom. The van der Waals surface area contributed by atoms with E-state index in [1.54, 1.807) is 0 Å². The molecule has 1 N–H and O–H groups in total. The molecule has 106 valence electrons. The van der Waals surface area contributed by atoms with Crippen molar-refractivity contribution in [2.24, 2.45) is 0 Å². The van der Waals surface area contributed by atoms with Crippen molar-refractivity contribution < 1.29 is 4.42 Å². The van der Waals surface area contributed by atoms with E-state index in [2.05, 4.69) is 50.5 Å². The number of hydrogen-bond acceptors (Lipinski definition) is 4. The molecule has 5 heteroatoms. The number of halogens is 1. The Morgan fingerprint density at radius 1 is 1.14 bits per heavy atom. The molecule has 2 aromatic carbocycles. The lowest BCUT2D eigenvalue weighted by Gasteiger charge is -2.16. The van der Waals surface area contributed by atoms with Crippen molar-refractivity contribution in [1.82, 2.24) is 10.2 Å². The first-order chi connectivity index (χ1) is 10.2.